The molecule has 110 valence electrons. The van der Waals surface area contributed by atoms with Crippen LogP contribution in [0.5, 0.6) is 0 Å². The van der Waals surface area contributed by atoms with Gasteiger partial charge in [-0.25, -0.2) is 0 Å². The molecule has 1 saturated heterocycles. The van der Waals surface area contributed by atoms with Crippen molar-refractivity contribution < 1.29 is 9.90 Å². The summed E-state index contributed by atoms with van der Waals surface area (Å²) in [6, 6.07) is 0. The predicted molar refractivity (Wildman–Crippen MR) is 75.8 cm³/mol. The Morgan fingerprint density at radius 1 is 1.16 bits per heavy atom. The van der Waals surface area contributed by atoms with Crippen molar-refractivity contribution in [3.05, 3.63) is 0 Å². The van der Waals surface area contributed by atoms with Gasteiger partial charge in [0, 0.05) is 39.1 Å². The molecule has 1 saturated carbocycles. The number of carbonyl (C=O) groups excluding carboxylic acids is 1. The summed E-state index contributed by atoms with van der Waals surface area (Å²) < 4.78 is 0. The third kappa shape index (κ3) is 4.18. The zero-order valence-corrected chi connectivity index (χ0v) is 12.2. The molecule has 1 N–H and O–H groups in total. The van der Waals surface area contributed by atoms with Crippen LogP contribution in [0.15, 0.2) is 0 Å². The largest absolute Gasteiger partial charge is 0.395 e. The molecule has 1 aliphatic heterocycles. The van der Waals surface area contributed by atoms with Crippen LogP contribution in [-0.4, -0.2) is 60.1 Å². The summed E-state index contributed by atoms with van der Waals surface area (Å²) in [6.45, 7) is 6.74. The molecule has 0 aromatic carbocycles. The lowest BCUT2D eigenvalue weighted by molar-refractivity contribution is -0.134. The number of hydrogen-bond acceptors (Lipinski definition) is 3. The van der Waals surface area contributed by atoms with E-state index >= 15 is 0 Å². The minimum Gasteiger partial charge on any atom is -0.395 e. The van der Waals surface area contributed by atoms with Gasteiger partial charge >= 0.3 is 0 Å². The minimum atomic E-state index is 0.216. The zero-order valence-electron chi connectivity index (χ0n) is 12.2. The van der Waals surface area contributed by atoms with Crippen LogP contribution in [0.1, 0.15) is 39.0 Å². The third-order valence-corrected chi connectivity index (χ3v) is 4.87. The molecular weight excluding hydrogens is 240 g/mol. The number of nitrogens with zero attached hydrogens (tertiary/aromatic N) is 2. The first-order valence-corrected chi connectivity index (χ1v) is 7.81. The van der Waals surface area contributed by atoms with Crippen LogP contribution in [0, 0.1) is 11.8 Å². The van der Waals surface area contributed by atoms with Crippen molar-refractivity contribution in [2.75, 3.05) is 39.3 Å². The van der Waals surface area contributed by atoms with Gasteiger partial charge in [-0.1, -0.05) is 26.2 Å². The number of β-amino-alcohol motifs (C(OH)–C–C–N with tert-alkyl or cyclic N) is 1. The van der Waals surface area contributed by atoms with Crippen LogP contribution >= 0.6 is 0 Å². The molecule has 1 heterocycles. The number of aliphatic hydroxyl groups is 1. The maximum atomic E-state index is 12.3. The highest BCUT2D eigenvalue weighted by molar-refractivity contribution is 5.76. The van der Waals surface area contributed by atoms with Crippen molar-refractivity contribution in [2.45, 2.75) is 39.0 Å². The lowest BCUT2D eigenvalue weighted by Crippen LogP contribution is -2.49. The predicted octanol–water partition coefficient (Wildman–Crippen LogP) is 1.34. The Morgan fingerprint density at radius 3 is 2.47 bits per heavy atom. The standard InChI is InChI=1S/C15H28N2O2/c1-13-4-2-3-5-14(13)12-15(19)17-8-6-16(7-9-17)10-11-18/h13-14,18H,2-12H2,1H3/t13-,14+/m1/s1. The van der Waals surface area contributed by atoms with Gasteiger partial charge in [0.2, 0.25) is 5.91 Å². The molecule has 0 aromatic heterocycles. The normalized spacial score (nSPS) is 29.5. The van der Waals surface area contributed by atoms with Gasteiger partial charge in [0.05, 0.1) is 6.61 Å². The van der Waals surface area contributed by atoms with Crippen molar-refractivity contribution >= 4 is 5.91 Å². The Hall–Kier alpha value is -0.610. The second-order valence-corrected chi connectivity index (χ2v) is 6.17. The Bertz CT molecular complexity index is 288. The number of rotatable bonds is 4. The second kappa shape index (κ2) is 7.25. The summed E-state index contributed by atoms with van der Waals surface area (Å²) in [7, 11) is 0. The van der Waals surface area contributed by atoms with E-state index < -0.39 is 0 Å². The van der Waals surface area contributed by atoms with Crippen LogP contribution < -0.4 is 0 Å². The van der Waals surface area contributed by atoms with Crippen LogP contribution in [0.3, 0.4) is 0 Å². The molecule has 0 radical (unpaired) electrons. The number of aliphatic hydroxyl groups excluding tert-OH is 1. The highest BCUT2D eigenvalue weighted by Gasteiger charge is 2.27. The maximum absolute atomic E-state index is 12.3. The fraction of sp³-hybridized carbons (Fsp3) is 0.933. The van der Waals surface area contributed by atoms with Gasteiger partial charge < -0.3 is 10.0 Å². The average molecular weight is 268 g/mol. The molecule has 1 aliphatic carbocycles. The second-order valence-electron chi connectivity index (χ2n) is 6.17. The molecule has 1 amide bonds. The first kappa shape index (κ1) is 14.8. The molecule has 0 aromatic rings. The Kier molecular flexibility index (Phi) is 5.64. The summed E-state index contributed by atoms with van der Waals surface area (Å²) in [6.07, 6.45) is 5.92. The van der Waals surface area contributed by atoms with E-state index in [1.54, 1.807) is 0 Å². The zero-order chi connectivity index (χ0) is 13.7. The summed E-state index contributed by atoms with van der Waals surface area (Å²) in [5.41, 5.74) is 0. The van der Waals surface area contributed by atoms with Crippen LogP contribution in [0.25, 0.3) is 0 Å². The molecule has 4 nitrogen and oxygen atoms in total. The SMILES string of the molecule is C[C@@H]1CCCC[C@H]1CC(=O)N1CCN(CCO)CC1. The third-order valence-electron chi connectivity index (χ3n) is 4.87. The lowest BCUT2D eigenvalue weighted by Gasteiger charge is -2.36. The van der Waals surface area contributed by atoms with Gasteiger partial charge in [-0.05, 0) is 18.3 Å². The van der Waals surface area contributed by atoms with E-state index in [-0.39, 0.29) is 6.61 Å². The van der Waals surface area contributed by atoms with Gasteiger partial charge in [0.1, 0.15) is 0 Å². The van der Waals surface area contributed by atoms with Crippen molar-refractivity contribution in [1.29, 1.82) is 0 Å². The van der Waals surface area contributed by atoms with Gasteiger partial charge in [-0.2, -0.15) is 0 Å². The quantitative estimate of drug-likeness (QED) is 0.837. The van der Waals surface area contributed by atoms with E-state index in [9.17, 15) is 4.79 Å². The van der Waals surface area contributed by atoms with Crippen molar-refractivity contribution in [2.24, 2.45) is 11.8 Å². The molecule has 4 heteroatoms. The molecule has 0 unspecified atom stereocenters. The minimum absolute atomic E-state index is 0.216. The Balaban J connectivity index is 1.74. The van der Waals surface area contributed by atoms with Gasteiger partial charge in [-0.3, -0.25) is 9.69 Å². The van der Waals surface area contributed by atoms with Gasteiger partial charge in [0.15, 0.2) is 0 Å². The summed E-state index contributed by atoms with van der Waals surface area (Å²) in [5.74, 6) is 1.67. The highest BCUT2D eigenvalue weighted by atomic mass is 16.3. The molecule has 0 spiro atoms. The van der Waals surface area contributed by atoms with E-state index in [4.69, 9.17) is 5.11 Å². The van der Waals surface area contributed by atoms with Gasteiger partial charge in [0.25, 0.3) is 0 Å². The van der Waals surface area contributed by atoms with Crippen molar-refractivity contribution in [3.63, 3.8) is 0 Å². The Labute approximate surface area is 116 Å². The first-order chi connectivity index (χ1) is 9.20. The number of piperazine rings is 1. The fourth-order valence-corrected chi connectivity index (χ4v) is 3.41. The van der Waals surface area contributed by atoms with E-state index in [0.29, 0.717) is 17.7 Å². The molecule has 2 aliphatic rings. The molecule has 2 rings (SSSR count). The Morgan fingerprint density at radius 2 is 1.84 bits per heavy atom. The van der Waals surface area contributed by atoms with E-state index in [2.05, 4.69) is 11.8 Å². The topological polar surface area (TPSA) is 43.8 Å². The van der Waals surface area contributed by atoms with Crippen molar-refractivity contribution in [1.82, 2.24) is 9.80 Å². The van der Waals surface area contributed by atoms with Crippen LogP contribution in [-0.2, 0) is 4.79 Å². The number of hydrogen-bond donors (Lipinski definition) is 1. The van der Waals surface area contributed by atoms with Crippen LogP contribution in [0.2, 0.25) is 0 Å². The number of amides is 1. The molecule has 2 fully saturated rings. The van der Waals surface area contributed by atoms with Crippen LogP contribution in [0.4, 0.5) is 0 Å². The lowest BCUT2D eigenvalue weighted by atomic mass is 9.78. The van der Waals surface area contributed by atoms with Crippen molar-refractivity contribution in [3.8, 4) is 0 Å². The molecule has 0 bridgehead atoms. The molecule has 19 heavy (non-hydrogen) atoms. The fourth-order valence-electron chi connectivity index (χ4n) is 3.41. The number of carbonyl (C=O) groups is 1. The summed E-state index contributed by atoms with van der Waals surface area (Å²) in [4.78, 5) is 16.6. The summed E-state index contributed by atoms with van der Waals surface area (Å²) in [5, 5.41) is 8.92. The average Bonchev–Trinajstić information content (AvgIpc) is 2.42. The first-order valence-electron chi connectivity index (χ1n) is 7.81. The highest BCUT2D eigenvalue weighted by Crippen LogP contribution is 2.32. The molecule has 2 atom stereocenters. The monoisotopic (exact) mass is 268 g/mol. The van der Waals surface area contributed by atoms with E-state index in [1.165, 1.54) is 25.7 Å². The van der Waals surface area contributed by atoms with E-state index in [1.807, 2.05) is 4.90 Å². The maximum Gasteiger partial charge on any atom is 0.222 e. The van der Waals surface area contributed by atoms with E-state index in [0.717, 1.165) is 39.1 Å². The summed E-state index contributed by atoms with van der Waals surface area (Å²) >= 11 is 0. The smallest absolute Gasteiger partial charge is 0.222 e. The molecular formula is C15H28N2O2. The van der Waals surface area contributed by atoms with Gasteiger partial charge in [-0.15, -0.1) is 0 Å².